The number of nitrogens with zero attached hydrogens (tertiary/aromatic N) is 3. The van der Waals surface area contributed by atoms with Gasteiger partial charge in [0.25, 0.3) is 5.91 Å². The molecule has 0 saturated carbocycles. The molecule has 0 unspecified atom stereocenters. The van der Waals surface area contributed by atoms with E-state index in [2.05, 4.69) is 41.6 Å². The minimum Gasteiger partial charge on any atom is -0.342 e. The summed E-state index contributed by atoms with van der Waals surface area (Å²) < 4.78 is 3.22. The molecular formula is C20H27N3O2S2. The Balaban J connectivity index is 1.61. The fourth-order valence-corrected chi connectivity index (χ4v) is 5.26. The van der Waals surface area contributed by atoms with Gasteiger partial charge in [0.05, 0.1) is 21.7 Å². The summed E-state index contributed by atoms with van der Waals surface area (Å²) >= 11 is 2.92. The monoisotopic (exact) mass is 405 g/mol. The molecule has 146 valence electrons. The third kappa shape index (κ3) is 5.23. The first-order chi connectivity index (χ1) is 13.1. The van der Waals surface area contributed by atoms with Crippen LogP contribution in [0.3, 0.4) is 0 Å². The Hall–Kier alpha value is -1.60. The molecule has 1 aromatic carbocycles. The van der Waals surface area contributed by atoms with Gasteiger partial charge in [-0.25, -0.2) is 0 Å². The number of hydrogen-bond donors (Lipinski definition) is 0. The summed E-state index contributed by atoms with van der Waals surface area (Å²) in [6.45, 7) is 6.61. The van der Waals surface area contributed by atoms with E-state index in [-0.39, 0.29) is 17.6 Å². The lowest BCUT2D eigenvalue weighted by atomic mass is 10.2. The molecule has 1 saturated heterocycles. The zero-order valence-corrected chi connectivity index (χ0v) is 17.7. The molecule has 0 spiro atoms. The van der Waals surface area contributed by atoms with Crippen LogP contribution in [0.5, 0.6) is 0 Å². The maximum absolute atomic E-state index is 12.3. The molecule has 2 heterocycles. The van der Waals surface area contributed by atoms with Crippen LogP contribution < -0.4 is 4.80 Å². The van der Waals surface area contributed by atoms with Crippen molar-refractivity contribution in [2.24, 2.45) is 4.99 Å². The average Bonchev–Trinajstić information content (AvgIpc) is 2.81. The lowest BCUT2D eigenvalue weighted by molar-refractivity contribution is -0.128. The minimum atomic E-state index is -0.172. The molecule has 1 aliphatic rings. The van der Waals surface area contributed by atoms with Gasteiger partial charge in [-0.05, 0) is 44.4 Å². The van der Waals surface area contributed by atoms with Crippen molar-refractivity contribution >= 4 is 45.1 Å². The molecule has 0 bridgehead atoms. The number of hydrogen-bond acceptors (Lipinski definition) is 4. The van der Waals surface area contributed by atoms with E-state index in [0.29, 0.717) is 5.75 Å². The summed E-state index contributed by atoms with van der Waals surface area (Å²) in [5, 5.41) is 0. The number of aromatic nitrogens is 1. The third-order valence-corrected chi connectivity index (χ3v) is 6.73. The maximum atomic E-state index is 12.3. The first-order valence-corrected chi connectivity index (χ1v) is 11.6. The van der Waals surface area contributed by atoms with Gasteiger partial charge in [0.15, 0.2) is 4.80 Å². The molecule has 0 aliphatic carbocycles. The maximum Gasteiger partial charge on any atom is 0.258 e. The Kier molecular flexibility index (Phi) is 7.13. The standard InChI is InChI=1S/C20H27N3O2S2/c1-3-23-16-9-8-15(2)12-17(16)27-20(23)21-18(24)13-26-14-19(25)22-10-6-4-5-7-11-22/h8-9,12H,3-7,10-11,13-14H2,1-2H3. The van der Waals surface area contributed by atoms with Crippen LogP contribution >= 0.6 is 23.1 Å². The van der Waals surface area contributed by atoms with Gasteiger partial charge in [0.2, 0.25) is 5.91 Å². The number of aryl methyl sites for hydroxylation is 2. The predicted molar refractivity (Wildman–Crippen MR) is 113 cm³/mol. The van der Waals surface area contributed by atoms with E-state index in [1.807, 2.05) is 4.90 Å². The number of thiazole rings is 1. The van der Waals surface area contributed by atoms with Gasteiger partial charge in [0, 0.05) is 19.6 Å². The van der Waals surface area contributed by atoms with Crippen LogP contribution in [0.15, 0.2) is 23.2 Å². The molecule has 27 heavy (non-hydrogen) atoms. The van der Waals surface area contributed by atoms with E-state index in [9.17, 15) is 9.59 Å². The smallest absolute Gasteiger partial charge is 0.258 e. The fourth-order valence-electron chi connectivity index (χ4n) is 3.35. The number of benzene rings is 1. The molecule has 1 fully saturated rings. The van der Waals surface area contributed by atoms with Crippen LogP contribution in [0.25, 0.3) is 10.2 Å². The SMILES string of the molecule is CCn1c(=NC(=O)CSCC(=O)N2CCCCCC2)sc2cc(C)ccc21. The highest BCUT2D eigenvalue weighted by Crippen LogP contribution is 2.19. The summed E-state index contributed by atoms with van der Waals surface area (Å²) in [6, 6.07) is 6.30. The number of carbonyl (C=O) groups is 2. The molecule has 2 amide bonds. The van der Waals surface area contributed by atoms with Crippen LogP contribution in [0.4, 0.5) is 0 Å². The Bertz CT molecular complexity index is 877. The second-order valence-electron chi connectivity index (χ2n) is 6.89. The first kappa shape index (κ1) is 20.1. The zero-order chi connectivity index (χ0) is 19.2. The fraction of sp³-hybridized carbons (Fsp3) is 0.550. The van der Waals surface area contributed by atoms with Crippen molar-refractivity contribution < 1.29 is 9.59 Å². The average molecular weight is 406 g/mol. The molecule has 1 aromatic heterocycles. The number of carbonyl (C=O) groups excluding carboxylic acids is 2. The molecule has 3 rings (SSSR count). The van der Waals surface area contributed by atoms with Crippen LogP contribution in [0.1, 0.15) is 38.2 Å². The Morgan fingerprint density at radius 1 is 1.15 bits per heavy atom. The normalized spacial score (nSPS) is 15.9. The molecule has 1 aliphatic heterocycles. The van der Waals surface area contributed by atoms with Crippen molar-refractivity contribution in [1.82, 2.24) is 9.47 Å². The Morgan fingerprint density at radius 3 is 2.59 bits per heavy atom. The first-order valence-electron chi connectivity index (χ1n) is 9.61. The van der Waals surface area contributed by atoms with E-state index in [1.165, 1.54) is 30.2 Å². The number of rotatable bonds is 5. The highest BCUT2D eigenvalue weighted by Gasteiger charge is 2.16. The van der Waals surface area contributed by atoms with Gasteiger partial charge < -0.3 is 9.47 Å². The predicted octanol–water partition coefficient (Wildman–Crippen LogP) is 3.59. The van der Waals surface area contributed by atoms with E-state index in [0.717, 1.165) is 47.5 Å². The topological polar surface area (TPSA) is 54.7 Å². The van der Waals surface area contributed by atoms with Crippen molar-refractivity contribution in [3.8, 4) is 0 Å². The zero-order valence-electron chi connectivity index (χ0n) is 16.1. The van der Waals surface area contributed by atoms with Crippen molar-refractivity contribution in [3.63, 3.8) is 0 Å². The lowest BCUT2D eigenvalue weighted by Crippen LogP contribution is -2.33. The molecule has 0 radical (unpaired) electrons. The Morgan fingerprint density at radius 2 is 1.89 bits per heavy atom. The molecule has 5 nitrogen and oxygen atoms in total. The van der Waals surface area contributed by atoms with Gasteiger partial charge in [-0.1, -0.05) is 30.2 Å². The second kappa shape index (κ2) is 9.55. The highest BCUT2D eigenvalue weighted by molar-refractivity contribution is 8.00. The molecular weight excluding hydrogens is 378 g/mol. The van der Waals surface area contributed by atoms with Crippen molar-refractivity contribution in [2.75, 3.05) is 24.6 Å². The number of amides is 2. The van der Waals surface area contributed by atoms with Gasteiger partial charge in [-0.2, -0.15) is 4.99 Å². The van der Waals surface area contributed by atoms with E-state index in [4.69, 9.17) is 0 Å². The van der Waals surface area contributed by atoms with Crippen molar-refractivity contribution in [3.05, 3.63) is 28.6 Å². The van der Waals surface area contributed by atoms with Crippen LogP contribution in [0, 0.1) is 6.92 Å². The van der Waals surface area contributed by atoms with Crippen molar-refractivity contribution in [1.29, 1.82) is 0 Å². The van der Waals surface area contributed by atoms with E-state index in [1.54, 1.807) is 11.3 Å². The largest absolute Gasteiger partial charge is 0.342 e. The molecule has 0 N–H and O–H groups in total. The van der Waals surface area contributed by atoms with E-state index >= 15 is 0 Å². The van der Waals surface area contributed by atoms with Gasteiger partial charge >= 0.3 is 0 Å². The molecule has 2 aromatic rings. The number of fused-ring (bicyclic) bond motifs is 1. The summed E-state index contributed by atoms with van der Waals surface area (Å²) in [6.07, 6.45) is 4.60. The Labute approximate surface area is 168 Å². The highest BCUT2D eigenvalue weighted by atomic mass is 32.2. The molecule has 7 heteroatoms. The summed E-state index contributed by atoms with van der Waals surface area (Å²) in [5.41, 5.74) is 2.32. The van der Waals surface area contributed by atoms with Gasteiger partial charge in [-0.15, -0.1) is 11.8 Å². The lowest BCUT2D eigenvalue weighted by Gasteiger charge is -2.19. The minimum absolute atomic E-state index is 0.149. The van der Waals surface area contributed by atoms with Crippen LogP contribution in [-0.2, 0) is 16.1 Å². The van der Waals surface area contributed by atoms with Gasteiger partial charge in [-0.3, -0.25) is 9.59 Å². The van der Waals surface area contributed by atoms with Crippen molar-refractivity contribution in [2.45, 2.75) is 46.1 Å². The van der Waals surface area contributed by atoms with Crippen LogP contribution in [0.2, 0.25) is 0 Å². The van der Waals surface area contributed by atoms with Gasteiger partial charge in [0.1, 0.15) is 0 Å². The summed E-state index contributed by atoms with van der Waals surface area (Å²) in [4.78, 5) is 31.6. The molecule has 0 atom stereocenters. The van der Waals surface area contributed by atoms with E-state index < -0.39 is 0 Å². The summed E-state index contributed by atoms with van der Waals surface area (Å²) in [7, 11) is 0. The third-order valence-electron chi connectivity index (χ3n) is 4.78. The summed E-state index contributed by atoms with van der Waals surface area (Å²) in [5.74, 6) is 0.585. The number of thioether (sulfide) groups is 1. The second-order valence-corrected chi connectivity index (χ2v) is 8.89. The van der Waals surface area contributed by atoms with Crippen LogP contribution in [-0.4, -0.2) is 45.9 Å². The number of likely N-dealkylation sites (tertiary alicyclic amines) is 1. The quantitative estimate of drug-likeness (QED) is 0.764.